The highest BCUT2D eigenvalue weighted by molar-refractivity contribution is 7.98. The minimum atomic E-state index is -0.494. The first-order valence-corrected chi connectivity index (χ1v) is 32.5. The molecule has 520 valence electrons. The molecule has 9 aromatic heterocycles. The van der Waals surface area contributed by atoms with Crippen LogP contribution in [0.15, 0.2) is 116 Å². The molecule has 0 saturated carbocycles. The number of aromatic nitrogens is 22. The molecule has 1 fully saturated rings. The minimum Gasteiger partial charge on any atom is -0.444 e. The Morgan fingerprint density at radius 1 is 0.520 bits per heavy atom. The maximum absolute atomic E-state index is 11.6. The van der Waals surface area contributed by atoms with Gasteiger partial charge >= 0.3 is 13.2 Å². The van der Waals surface area contributed by atoms with Crippen LogP contribution in [0.25, 0.3) is 45.6 Å². The first-order chi connectivity index (χ1) is 46.6. The molecule has 34 nitrogen and oxygen atoms in total. The summed E-state index contributed by atoms with van der Waals surface area (Å²) in [6.45, 7) is 24.0. The van der Waals surface area contributed by atoms with Gasteiger partial charge in [-0.1, -0.05) is 53.8 Å². The Hall–Kier alpha value is -10.5. The van der Waals surface area contributed by atoms with Crippen LogP contribution in [-0.2, 0) is 42.2 Å². The molecule has 10 heterocycles. The molecule has 0 radical (unpaired) electrons. The maximum atomic E-state index is 11.6. The summed E-state index contributed by atoms with van der Waals surface area (Å²) in [6, 6.07) is 7.61. The first-order valence-electron chi connectivity index (χ1n) is 31.3. The summed E-state index contributed by atoms with van der Waals surface area (Å²) in [6.07, 6.45) is 25.5. The molecule has 3 unspecified atom stereocenters. The molecule has 1 amide bonds. The number of hydrogen-bond acceptors (Lipinski definition) is 30. The van der Waals surface area contributed by atoms with Crippen molar-refractivity contribution >= 4 is 65.3 Å². The molecule has 3 atom stereocenters. The number of carbonyl (C=O) groups is 1. The van der Waals surface area contributed by atoms with Gasteiger partial charge in [0.1, 0.15) is 74.4 Å². The molecule has 10 aromatic rings. The normalized spacial score (nSPS) is 13.7. The molecule has 1 aliphatic heterocycles. The summed E-state index contributed by atoms with van der Waals surface area (Å²) in [5, 5.41) is 46.9. The number of thioether (sulfide) groups is 1. The van der Waals surface area contributed by atoms with Crippen molar-refractivity contribution in [2.45, 2.75) is 90.9 Å². The van der Waals surface area contributed by atoms with Crippen LogP contribution in [0.1, 0.15) is 69.2 Å². The highest BCUT2D eigenvalue weighted by atomic mass is 32.2. The van der Waals surface area contributed by atoms with Gasteiger partial charge in [0.25, 0.3) is 0 Å². The Labute approximate surface area is 574 Å². The Morgan fingerprint density at radius 3 is 1.23 bits per heavy atom. The van der Waals surface area contributed by atoms with Crippen molar-refractivity contribution in [3.63, 3.8) is 0 Å². The largest absolute Gasteiger partial charge is 0.494 e. The summed E-state index contributed by atoms with van der Waals surface area (Å²) in [5.41, 5.74) is 22.8. The van der Waals surface area contributed by atoms with E-state index in [2.05, 4.69) is 132 Å². The smallest absolute Gasteiger partial charge is 0.444 e. The lowest BCUT2D eigenvalue weighted by Crippen LogP contribution is -2.41. The lowest BCUT2D eigenvalue weighted by Gasteiger charge is -2.32. The van der Waals surface area contributed by atoms with E-state index in [0.29, 0.717) is 94.6 Å². The van der Waals surface area contributed by atoms with E-state index in [-0.39, 0.29) is 24.2 Å². The van der Waals surface area contributed by atoms with E-state index in [4.69, 9.17) is 31.2 Å². The third-order valence-electron chi connectivity index (χ3n) is 14.3. The van der Waals surface area contributed by atoms with E-state index in [1.807, 2.05) is 112 Å². The van der Waals surface area contributed by atoms with E-state index in [1.54, 1.807) is 113 Å². The van der Waals surface area contributed by atoms with Gasteiger partial charge in [-0.15, -0.1) is 32.2 Å². The van der Waals surface area contributed by atoms with Crippen LogP contribution in [0.3, 0.4) is 0 Å². The molecule has 0 spiro atoms. The number of nitrogens with two attached hydrogens (primary N) is 3. The molecule has 98 heavy (non-hydrogen) atoms. The second-order valence-electron chi connectivity index (χ2n) is 25.0. The number of nitrogens with one attached hydrogen (secondary N) is 5. The van der Waals surface area contributed by atoms with Gasteiger partial charge in [0, 0.05) is 83.9 Å². The predicted octanol–water partition coefficient (Wildman–Crippen LogP) is 5.49. The topological polar surface area (TPSA) is 435 Å². The average Bonchev–Trinajstić information content (AvgIpc) is 1.63. The quantitative estimate of drug-likeness (QED) is 0.0250. The Bertz CT molecular complexity index is 3960. The molecule has 11 rings (SSSR count). The Kier molecular flexibility index (Phi) is 27.2. The zero-order chi connectivity index (χ0) is 71.0. The van der Waals surface area contributed by atoms with Crippen molar-refractivity contribution < 1.29 is 18.8 Å². The number of ether oxygens (including phenoxy) is 1. The zero-order valence-corrected chi connectivity index (χ0v) is 58.9. The van der Waals surface area contributed by atoms with Crippen LogP contribution in [0.2, 0.25) is 0 Å². The number of anilines is 6. The summed E-state index contributed by atoms with van der Waals surface area (Å²) >= 11 is 1.62. The van der Waals surface area contributed by atoms with E-state index in [9.17, 15) is 4.79 Å². The number of alkyl carbamates (subject to hydrolysis) is 1. The van der Waals surface area contributed by atoms with Gasteiger partial charge < -0.3 is 57.8 Å². The van der Waals surface area contributed by atoms with Crippen molar-refractivity contribution in [2.24, 2.45) is 51.7 Å². The molecular weight excluding hydrogens is 1270 g/mol. The number of carbonyl (C=O) groups excluding carboxylic acids is 1. The number of rotatable bonds is 21. The van der Waals surface area contributed by atoms with Crippen molar-refractivity contribution in [1.82, 2.24) is 115 Å². The lowest BCUT2D eigenvalue weighted by atomic mass is 9.79. The van der Waals surface area contributed by atoms with Crippen molar-refractivity contribution in [3.05, 3.63) is 111 Å². The second-order valence-corrected chi connectivity index (χ2v) is 25.8. The van der Waals surface area contributed by atoms with Crippen molar-refractivity contribution in [2.75, 3.05) is 78.3 Å². The van der Waals surface area contributed by atoms with Crippen LogP contribution < -0.4 is 49.2 Å². The molecule has 1 aromatic carbocycles. The zero-order valence-electron chi connectivity index (χ0n) is 58.1. The second kappa shape index (κ2) is 35.5. The highest BCUT2D eigenvalue weighted by Crippen LogP contribution is 2.36. The van der Waals surface area contributed by atoms with E-state index in [1.165, 1.54) is 6.20 Å². The molecule has 0 aliphatic carbocycles. The van der Waals surface area contributed by atoms with Gasteiger partial charge in [0.15, 0.2) is 0 Å². The van der Waals surface area contributed by atoms with Gasteiger partial charge in [0.05, 0.1) is 85.6 Å². The average molecular weight is 1360 g/mol. The van der Waals surface area contributed by atoms with Crippen LogP contribution in [0.4, 0.5) is 39.7 Å². The summed E-state index contributed by atoms with van der Waals surface area (Å²) in [4.78, 5) is 55.2. The standard InChI is InChI=1S/C16H21N9S.C16H25N7O2.C12H18BNO2.C11H17N7.C7H8N6/c1-11(5-20-16-21-6-12(26-3)7-22-16)4-18-15-9-17-13(8-19-15)14-10-25(2)24-23-14;1-11(7-20-15(24)25-16(2,3)4)6-18-14-9-17-12(8-19-14)13-10-23(5)22-21-13;1-11(2)12(3,4)16-13(15-11)9-5-7-10(14)8-6-9;1-8(3-12)4-14-11-6-13-9(5-15-11)10-7-18(2)17-16-10;1-13-4-6(11-12-13)5-2-10-7(8)3-9-5/h6-11H,4-5H2,1-3H3,(H,18,19)(H,20,21,22);8-11H,6-7H2,1-5H3,(H,18,19)(H,20,24);5-8H,14H2,1-4H3;5-8H,3-4,12H2,1-2H3,(H,14,15);2-4H,1H3,(H2,8,10). The number of nitrogen functional groups attached to an aromatic ring is 2. The molecule has 11 N–H and O–H groups in total. The van der Waals surface area contributed by atoms with Crippen LogP contribution in [0, 0.1) is 17.8 Å². The van der Waals surface area contributed by atoms with Gasteiger partial charge in [0.2, 0.25) is 5.95 Å². The third-order valence-corrected chi connectivity index (χ3v) is 15.0. The lowest BCUT2D eigenvalue weighted by molar-refractivity contribution is 0.00578. The van der Waals surface area contributed by atoms with Gasteiger partial charge in [-0.2, -0.15) is 0 Å². The molecular formula is C62H89BN30O4S. The summed E-state index contributed by atoms with van der Waals surface area (Å²) in [7, 11) is 6.92. The van der Waals surface area contributed by atoms with Crippen LogP contribution in [0.5, 0.6) is 0 Å². The SMILES string of the molecule is CC(CN)CNc1cnc(-c2cn(C)nn2)cn1.CC(CNC(=O)OC(C)(C)C)CNc1cnc(-c2cn(C)nn2)cn1.CC1(C)OB(c2ccc(N)cc2)OC1(C)C.CSc1cnc(NCC(C)CNc2cnc(-c3cn(C)nn3)cn2)nc1.Cn1cc(-c2cnc(N)cn2)nn1. The van der Waals surface area contributed by atoms with Crippen LogP contribution >= 0.6 is 11.8 Å². The Morgan fingerprint density at radius 2 is 0.898 bits per heavy atom. The first kappa shape index (κ1) is 74.9. The molecule has 36 heteroatoms. The number of hydrogen-bond donors (Lipinski definition) is 8. The van der Waals surface area contributed by atoms with Gasteiger partial charge in [-0.3, -0.25) is 18.7 Å². The molecule has 1 aliphatic rings. The minimum absolute atomic E-state index is 0.203. The van der Waals surface area contributed by atoms with Crippen molar-refractivity contribution in [1.29, 1.82) is 0 Å². The summed E-state index contributed by atoms with van der Waals surface area (Å²) < 4.78 is 23.5. The number of benzene rings is 1. The molecule has 0 bridgehead atoms. The fourth-order valence-corrected chi connectivity index (χ4v) is 8.35. The van der Waals surface area contributed by atoms with Crippen molar-refractivity contribution in [3.8, 4) is 45.6 Å². The van der Waals surface area contributed by atoms with E-state index in [0.717, 1.165) is 47.3 Å². The summed E-state index contributed by atoms with van der Waals surface area (Å²) in [5.74, 6) is 4.14. The molecule has 1 saturated heterocycles. The maximum Gasteiger partial charge on any atom is 0.494 e. The number of aryl methyl sites for hydroxylation is 4. The van der Waals surface area contributed by atoms with Gasteiger partial charge in [-0.05, 0) is 96.6 Å². The number of nitrogens with zero attached hydrogens (tertiary/aromatic N) is 22. The van der Waals surface area contributed by atoms with Crippen LogP contribution in [-0.4, -0.2) is 185 Å². The highest BCUT2D eigenvalue weighted by Gasteiger charge is 2.51. The fraction of sp³-hybridized carbons (Fsp3) is 0.435. The Balaban J connectivity index is 0.000000176. The van der Waals surface area contributed by atoms with Gasteiger partial charge in [-0.25, -0.2) is 54.6 Å². The van der Waals surface area contributed by atoms with E-state index < -0.39 is 11.7 Å². The van der Waals surface area contributed by atoms with E-state index >= 15 is 0 Å². The monoisotopic (exact) mass is 1360 g/mol. The number of amides is 1. The fourth-order valence-electron chi connectivity index (χ4n) is 8.03. The predicted molar refractivity (Wildman–Crippen MR) is 378 cm³/mol. The third kappa shape index (κ3) is 24.3.